The van der Waals surface area contributed by atoms with Crippen LogP contribution in [0, 0.1) is 0 Å². The molecule has 0 radical (unpaired) electrons. The molecule has 3 aromatic rings. The molecule has 9 heteroatoms. The SMILES string of the molecule is CCOc1ccc(CCN2C(=O)/C(=C\c3ccc(OC)c(COc4ccc(Cl)cc4)c3)NC2=S)cc1OCC. The fourth-order valence-corrected chi connectivity index (χ4v) is 4.54. The number of methoxy groups -OCH3 is 1. The van der Waals surface area contributed by atoms with Gasteiger partial charge in [-0.05, 0) is 98.2 Å². The normalized spacial score (nSPS) is 13.9. The second-order valence-corrected chi connectivity index (χ2v) is 9.48. The van der Waals surface area contributed by atoms with Gasteiger partial charge in [0, 0.05) is 17.1 Å². The number of hydrogen-bond acceptors (Lipinski definition) is 6. The van der Waals surface area contributed by atoms with Crippen LogP contribution in [0.5, 0.6) is 23.0 Å². The van der Waals surface area contributed by atoms with Crippen molar-refractivity contribution in [2.45, 2.75) is 26.9 Å². The number of benzene rings is 3. The minimum atomic E-state index is -0.175. The standard InChI is InChI=1S/C30H31ClN2O5S/c1-4-36-27-13-6-20(18-28(27)37-5-2)14-15-33-29(34)25(32-30(33)39)17-21-7-12-26(35-3)22(16-21)19-38-24-10-8-23(31)9-11-24/h6-13,16-18H,4-5,14-15,19H2,1-3H3,(H,32,39)/b25-17+. The topological polar surface area (TPSA) is 69.3 Å². The average molecular weight is 567 g/mol. The molecule has 1 aliphatic heterocycles. The first-order valence-electron chi connectivity index (χ1n) is 12.7. The molecule has 0 saturated carbocycles. The van der Waals surface area contributed by atoms with Crippen LogP contribution in [0.4, 0.5) is 0 Å². The summed E-state index contributed by atoms with van der Waals surface area (Å²) in [6, 6.07) is 18.7. The van der Waals surface area contributed by atoms with Crippen molar-refractivity contribution in [1.29, 1.82) is 0 Å². The summed E-state index contributed by atoms with van der Waals surface area (Å²) in [7, 11) is 1.61. The van der Waals surface area contributed by atoms with Crippen LogP contribution in [0.2, 0.25) is 5.02 Å². The lowest BCUT2D eigenvalue weighted by Gasteiger charge is -2.16. The molecule has 1 aliphatic rings. The zero-order valence-electron chi connectivity index (χ0n) is 22.2. The second-order valence-electron chi connectivity index (χ2n) is 8.66. The molecule has 1 N–H and O–H groups in total. The summed E-state index contributed by atoms with van der Waals surface area (Å²) in [4.78, 5) is 14.8. The summed E-state index contributed by atoms with van der Waals surface area (Å²) < 4.78 is 22.8. The Bertz CT molecular complexity index is 1360. The Morgan fingerprint density at radius 2 is 1.64 bits per heavy atom. The van der Waals surface area contributed by atoms with Crippen molar-refractivity contribution in [1.82, 2.24) is 10.2 Å². The van der Waals surface area contributed by atoms with Gasteiger partial charge in [0.1, 0.15) is 23.8 Å². The lowest BCUT2D eigenvalue weighted by molar-refractivity contribution is -0.122. The van der Waals surface area contributed by atoms with Crippen molar-refractivity contribution in [2.75, 3.05) is 26.9 Å². The minimum Gasteiger partial charge on any atom is -0.496 e. The number of hydrogen-bond donors (Lipinski definition) is 1. The number of rotatable bonds is 12. The predicted octanol–water partition coefficient (Wildman–Crippen LogP) is 6.03. The molecular formula is C30H31ClN2O5S. The predicted molar refractivity (Wildman–Crippen MR) is 157 cm³/mol. The Labute approximate surface area is 239 Å². The third-order valence-corrected chi connectivity index (χ3v) is 6.59. The number of carbonyl (C=O) groups is 1. The van der Waals surface area contributed by atoms with Crippen LogP contribution in [-0.2, 0) is 17.8 Å². The van der Waals surface area contributed by atoms with Gasteiger partial charge in [0.25, 0.3) is 5.91 Å². The van der Waals surface area contributed by atoms with E-state index in [4.69, 9.17) is 42.8 Å². The molecule has 3 aromatic carbocycles. The fraction of sp³-hybridized carbons (Fsp3) is 0.267. The van der Waals surface area contributed by atoms with Gasteiger partial charge in [-0.3, -0.25) is 9.69 Å². The summed E-state index contributed by atoms with van der Waals surface area (Å²) in [5.74, 6) is 2.61. The lowest BCUT2D eigenvalue weighted by Crippen LogP contribution is -2.32. The van der Waals surface area contributed by atoms with Crippen molar-refractivity contribution in [2.24, 2.45) is 0 Å². The molecule has 4 rings (SSSR count). The summed E-state index contributed by atoms with van der Waals surface area (Å²) in [6.45, 7) is 5.69. The molecule has 0 spiro atoms. The van der Waals surface area contributed by atoms with E-state index in [1.165, 1.54) is 0 Å². The van der Waals surface area contributed by atoms with E-state index in [2.05, 4.69) is 5.32 Å². The number of thiocarbonyl (C=S) groups is 1. The molecule has 1 heterocycles. The Kier molecular flexibility index (Phi) is 9.68. The van der Waals surface area contributed by atoms with E-state index in [1.807, 2.05) is 62.4 Å². The minimum absolute atomic E-state index is 0.175. The number of carbonyl (C=O) groups excluding carboxylic acids is 1. The highest BCUT2D eigenvalue weighted by Gasteiger charge is 2.30. The van der Waals surface area contributed by atoms with Gasteiger partial charge in [-0.15, -0.1) is 0 Å². The largest absolute Gasteiger partial charge is 0.496 e. The molecule has 7 nitrogen and oxygen atoms in total. The first-order chi connectivity index (χ1) is 18.9. The maximum atomic E-state index is 13.2. The van der Waals surface area contributed by atoms with Gasteiger partial charge in [0.15, 0.2) is 16.6 Å². The van der Waals surface area contributed by atoms with Gasteiger partial charge in [-0.2, -0.15) is 0 Å². The second kappa shape index (κ2) is 13.4. The highest BCUT2D eigenvalue weighted by atomic mass is 35.5. The van der Waals surface area contributed by atoms with Crippen LogP contribution >= 0.6 is 23.8 Å². The Hall–Kier alpha value is -3.75. The highest BCUT2D eigenvalue weighted by Crippen LogP contribution is 2.29. The van der Waals surface area contributed by atoms with Crippen molar-refractivity contribution < 1.29 is 23.7 Å². The zero-order valence-corrected chi connectivity index (χ0v) is 23.7. The van der Waals surface area contributed by atoms with Gasteiger partial charge in [-0.25, -0.2) is 0 Å². The summed E-state index contributed by atoms with van der Waals surface area (Å²) in [5, 5.41) is 4.08. The zero-order chi connectivity index (χ0) is 27.8. The van der Waals surface area contributed by atoms with Gasteiger partial charge < -0.3 is 24.3 Å². The number of nitrogens with zero attached hydrogens (tertiary/aromatic N) is 1. The van der Waals surface area contributed by atoms with E-state index in [0.29, 0.717) is 71.6 Å². The van der Waals surface area contributed by atoms with Crippen molar-refractivity contribution in [3.63, 3.8) is 0 Å². The van der Waals surface area contributed by atoms with Crippen molar-refractivity contribution >= 4 is 40.9 Å². The molecule has 0 aliphatic carbocycles. The third kappa shape index (κ3) is 7.22. The van der Waals surface area contributed by atoms with Gasteiger partial charge in [-0.1, -0.05) is 23.7 Å². The number of ether oxygens (including phenoxy) is 4. The number of amides is 1. The smallest absolute Gasteiger partial charge is 0.276 e. The van der Waals surface area contributed by atoms with E-state index >= 15 is 0 Å². The van der Waals surface area contributed by atoms with Crippen LogP contribution in [0.3, 0.4) is 0 Å². The van der Waals surface area contributed by atoms with E-state index < -0.39 is 0 Å². The molecule has 1 saturated heterocycles. The fourth-order valence-electron chi connectivity index (χ4n) is 4.13. The maximum Gasteiger partial charge on any atom is 0.276 e. The van der Waals surface area contributed by atoms with Crippen LogP contribution in [0.1, 0.15) is 30.5 Å². The van der Waals surface area contributed by atoms with E-state index in [9.17, 15) is 4.79 Å². The van der Waals surface area contributed by atoms with Crippen LogP contribution in [0.15, 0.2) is 66.4 Å². The molecule has 0 bridgehead atoms. The monoisotopic (exact) mass is 566 g/mol. The molecule has 1 fully saturated rings. The van der Waals surface area contributed by atoms with Crippen molar-refractivity contribution in [3.8, 4) is 23.0 Å². The summed E-state index contributed by atoms with van der Waals surface area (Å²) >= 11 is 11.4. The maximum absolute atomic E-state index is 13.2. The summed E-state index contributed by atoms with van der Waals surface area (Å²) in [6.07, 6.45) is 2.39. The average Bonchev–Trinajstić information content (AvgIpc) is 3.20. The van der Waals surface area contributed by atoms with Crippen LogP contribution in [0.25, 0.3) is 6.08 Å². The van der Waals surface area contributed by atoms with Crippen molar-refractivity contribution in [3.05, 3.63) is 88.1 Å². The lowest BCUT2D eigenvalue weighted by atomic mass is 10.1. The van der Waals surface area contributed by atoms with Gasteiger partial charge in [0.05, 0.1) is 20.3 Å². The van der Waals surface area contributed by atoms with Gasteiger partial charge >= 0.3 is 0 Å². The summed E-state index contributed by atoms with van der Waals surface area (Å²) in [5.41, 5.74) is 3.10. The first kappa shape index (κ1) is 28.3. The molecule has 39 heavy (non-hydrogen) atoms. The van der Waals surface area contributed by atoms with E-state index in [-0.39, 0.29) is 5.91 Å². The van der Waals surface area contributed by atoms with Crippen LogP contribution in [-0.4, -0.2) is 42.8 Å². The quantitative estimate of drug-likeness (QED) is 0.212. The molecule has 1 amide bonds. The molecular weight excluding hydrogens is 536 g/mol. The van der Waals surface area contributed by atoms with Crippen LogP contribution < -0.4 is 24.3 Å². The Morgan fingerprint density at radius 1 is 0.923 bits per heavy atom. The first-order valence-corrected chi connectivity index (χ1v) is 13.5. The Morgan fingerprint density at radius 3 is 2.36 bits per heavy atom. The third-order valence-electron chi connectivity index (χ3n) is 6.02. The number of nitrogens with one attached hydrogen (secondary N) is 1. The molecule has 0 aromatic heterocycles. The molecule has 0 atom stereocenters. The Balaban J connectivity index is 1.44. The molecule has 204 valence electrons. The van der Waals surface area contributed by atoms with E-state index in [0.717, 1.165) is 16.7 Å². The van der Waals surface area contributed by atoms with Gasteiger partial charge in [0.2, 0.25) is 0 Å². The highest BCUT2D eigenvalue weighted by molar-refractivity contribution is 7.80. The van der Waals surface area contributed by atoms with E-state index in [1.54, 1.807) is 30.2 Å². The molecule has 0 unspecified atom stereocenters. The number of halogens is 1.